The third-order valence-electron chi connectivity index (χ3n) is 5.24. The lowest BCUT2D eigenvalue weighted by molar-refractivity contribution is 0.169. The van der Waals surface area contributed by atoms with Gasteiger partial charge < -0.3 is 19.6 Å². The number of nitrogens with zero attached hydrogens (tertiary/aromatic N) is 5. The Bertz CT molecular complexity index is 710. The molecule has 1 aliphatic heterocycles. The summed E-state index contributed by atoms with van der Waals surface area (Å²) in [5.74, 6) is 1.05. The highest BCUT2D eigenvalue weighted by Gasteiger charge is 2.20. The molecule has 158 valence electrons. The molecule has 0 amide bonds. The zero-order valence-electron chi connectivity index (χ0n) is 17.8. The van der Waals surface area contributed by atoms with Gasteiger partial charge in [-0.15, -0.1) is 0 Å². The number of anilines is 1. The maximum atomic E-state index is 4.93. The number of benzene rings is 1. The van der Waals surface area contributed by atoms with E-state index in [0.717, 1.165) is 76.9 Å². The summed E-state index contributed by atoms with van der Waals surface area (Å²) in [7, 11) is 2.15. The zero-order valence-corrected chi connectivity index (χ0v) is 17.8. The Kier molecular flexibility index (Phi) is 8.37. The van der Waals surface area contributed by atoms with E-state index in [-0.39, 0.29) is 0 Å². The fraction of sp³-hybridized carbons (Fsp3) is 0.545. The minimum absolute atomic E-state index is 0.854. The van der Waals surface area contributed by atoms with Crippen molar-refractivity contribution in [3.63, 3.8) is 0 Å². The highest BCUT2D eigenvalue weighted by atomic mass is 16.5. The molecule has 2 heterocycles. The average Bonchev–Trinajstić information content (AvgIpc) is 3.27. The molecule has 7 nitrogen and oxygen atoms in total. The van der Waals surface area contributed by atoms with Crippen molar-refractivity contribution in [2.45, 2.75) is 26.3 Å². The number of aliphatic imine (C=N–C) groups is 1. The Morgan fingerprint density at radius 1 is 1.14 bits per heavy atom. The quantitative estimate of drug-likeness (QED) is 0.398. The number of para-hydroxylation sites is 1. The molecule has 1 saturated heterocycles. The maximum absolute atomic E-state index is 4.93. The van der Waals surface area contributed by atoms with Gasteiger partial charge in [0, 0.05) is 71.2 Å². The lowest BCUT2D eigenvalue weighted by Crippen LogP contribution is -2.52. The van der Waals surface area contributed by atoms with E-state index < -0.39 is 0 Å². The van der Waals surface area contributed by atoms with Gasteiger partial charge >= 0.3 is 0 Å². The fourth-order valence-corrected chi connectivity index (χ4v) is 3.55. The van der Waals surface area contributed by atoms with Crippen molar-refractivity contribution < 1.29 is 4.52 Å². The molecule has 2 aromatic rings. The van der Waals surface area contributed by atoms with Crippen LogP contribution in [0.2, 0.25) is 0 Å². The van der Waals surface area contributed by atoms with Crippen LogP contribution in [0.5, 0.6) is 0 Å². The molecular formula is C22H34N6O. The lowest BCUT2D eigenvalue weighted by Gasteiger charge is -2.36. The van der Waals surface area contributed by atoms with Crippen molar-refractivity contribution in [3.8, 4) is 0 Å². The number of rotatable bonds is 9. The Morgan fingerprint density at radius 2 is 1.93 bits per heavy atom. The van der Waals surface area contributed by atoms with Crippen LogP contribution < -0.4 is 10.2 Å². The predicted molar refractivity (Wildman–Crippen MR) is 118 cm³/mol. The largest absolute Gasteiger partial charge is 0.375 e. The molecule has 1 N–H and O–H groups in total. The standard InChI is InChI=1S/C22H34N6O/c1-3-23-22(24-12-7-8-13-26(2)21-9-5-4-6-10-21)28-16-14-27(15-17-28)19-20-11-18-29-25-20/h4-6,9-11,18H,3,7-8,12-17,19H2,1-2H3,(H,23,24). The molecule has 0 spiro atoms. The first-order valence-electron chi connectivity index (χ1n) is 10.7. The molecule has 0 atom stereocenters. The number of hydrogen-bond donors (Lipinski definition) is 1. The van der Waals surface area contributed by atoms with Gasteiger partial charge in [-0.05, 0) is 31.9 Å². The number of unbranched alkanes of at least 4 members (excludes halogenated alkanes) is 1. The van der Waals surface area contributed by atoms with Crippen LogP contribution in [-0.2, 0) is 6.54 Å². The summed E-state index contributed by atoms with van der Waals surface area (Å²) in [4.78, 5) is 12.0. The van der Waals surface area contributed by atoms with Gasteiger partial charge in [-0.25, -0.2) is 0 Å². The Morgan fingerprint density at radius 3 is 2.62 bits per heavy atom. The van der Waals surface area contributed by atoms with E-state index in [2.05, 4.69) is 69.5 Å². The summed E-state index contributed by atoms with van der Waals surface area (Å²) in [6.07, 6.45) is 3.87. The van der Waals surface area contributed by atoms with E-state index in [0.29, 0.717) is 0 Å². The second-order valence-electron chi connectivity index (χ2n) is 7.45. The highest BCUT2D eigenvalue weighted by molar-refractivity contribution is 5.80. The van der Waals surface area contributed by atoms with Gasteiger partial charge in [-0.2, -0.15) is 0 Å². The van der Waals surface area contributed by atoms with Crippen LogP contribution in [0, 0.1) is 0 Å². The van der Waals surface area contributed by atoms with Crippen LogP contribution in [0.4, 0.5) is 5.69 Å². The Hall–Kier alpha value is -2.54. The predicted octanol–water partition coefficient (Wildman–Crippen LogP) is 2.67. The maximum Gasteiger partial charge on any atom is 0.194 e. The molecular weight excluding hydrogens is 364 g/mol. The van der Waals surface area contributed by atoms with Gasteiger partial charge in [0.25, 0.3) is 0 Å². The first kappa shape index (κ1) is 21.2. The van der Waals surface area contributed by atoms with Crippen molar-refractivity contribution in [1.29, 1.82) is 0 Å². The summed E-state index contributed by atoms with van der Waals surface area (Å²) in [5, 5.41) is 7.47. The average molecular weight is 399 g/mol. The van der Waals surface area contributed by atoms with Crippen LogP contribution in [0.25, 0.3) is 0 Å². The summed E-state index contributed by atoms with van der Waals surface area (Å²) >= 11 is 0. The third kappa shape index (κ3) is 6.78. The van der Waals surface area contributed by atoms with Crippen molar-refractivity contribution in [2.24, 2.45) is 4.99 Å². The fourth-order valence-electron chi connectivity index (χ4n) is 3.55. The Balaban J connectivity index is 1.39. The molecule has 0 radical (unpaired) electrons. The molecule has 0 aliphatic carbocycles. The smallest absolute Gasteiger partial charge is 0.194 e. The summed E-state index contributed by atoms with van der Waals surface area (Å²) < 4.78 is 4.93. The van der Waals surface area contributed by atoms with Gasteiger partial charge in [0.05, 0.1) is 5.69 Å². The monoisotopic (exact) mass is 398 g/mol. The normalized spacial score (nSPS) is 15.5. The molecule has 0 unspecified atom stereocenters. The number of aromatic nitrogens is 1. The van der Waals surface area contributed by atoms with Crippen molar-refractivity contribution >= 4 is 11.6 Å². The molecule has 7 heteroatoms. The second-order valence-corrected chi connectivity index (χ2v) is 7.45. The lowest BCUT2D eigenvalue weighted by atomic mass is 10.2. The van der Waals surface area contributed by atoms with Gasteiger partial charge in [0.1, 0.15) is 6.26 Å². The molecule has 1 fully saturated rings. The SMILES string of the molecule is CCNC(=NCCCCN(C)c1ccccc1)N1CCN(Cc2ccon2)CC1. The van der Waals surface area contributed by atoms with Gasteiger partial charge in [-0.1, -0.05) is 23.4 Å². The van der Waals surface area contributed by atoms with E-state index in [4.69, 9.17) is 9.52 Å². The molecule has 1 aromatic heterocycles. The number of guanidine groups is 1. The third-order valence-corrected chi connectivity index (χ3v) is 5.24. The summed E-state index contributed by atoms with van der Waals surface area (Å²) in [6, 6.07) is 12.5. The molecule has 0 bridgehead atoms. The number of hydrogen-bond acceptors (Lipinski definition) is 5. The van der Waals surface area contributed by atoms with Crippen LogP contribution in [0.15, 0.2) is 52.2 Å². The van der Waals surface area contributed by atoms with E-state index >= 15 is 0 Å². The van der Waals surface area contributed by atoms with Crippen molar-refractivity contribution in [3.05, 3.63) is 48.4 Å². The van der Waals surface area contributed by atoms with Crippen LogP contribution in [0.1, 0.15) is 25.5 Å². The highest BCUT2D eigenvalue weighted by Crippen LogP contribution is 2.12. The van der Waals surface area contributed by atoms with Crippen LogP contribution in [0.3, 0.4) is 0 Å². The second kappa shape index (κ2) is 11.5. The zero-order chi connectivity index (χ0) is 20.3. The van der Waals surface area contributed by atoms with Crippen molar-refractivity contribution in [2.75, 3.05) is 57.8 Å². The van der Waals surface area contributed by atoms with E-state index in [1.54, 1.807) is 6.26 Å². The van der Waals surface area contributed by atoms with Gasteiger partial charge in [-0.3, -0.25) is 9.89 Å². The molecule has 3 rings (SSSR count). The first-order chi connectivity index (χ1) is 14.3. The number of piperazine rings is 1. The topological polar surface area (TPSA) is 60.1 Å². The van der Waals surface area contributed by atoms with Crippen LogP contribution >= 0.6 is 0 Å². The molecule has 29 heavy (non-hydrogen) atoms. The summed E-state index contributed by atoms with van der Waals surface area (Å²) in [5.41, 5.74) is 2.27. The van der Waals surface area contributed by atoms with E-state index in [1.165, 1.54) is 5.69 Å². The molecule has 1 aliphatic rings. The van der Waals surface area contributed by atoms with Crippen molar-refractivity contribution in [1.82, 2.24) is 20.3 Å². The van der Waals surface area contributed by atoms with Gasteiger partial charge in [0.2, 0.25) is 0 Å². The van der Waals surface area contributed by atoms with Crippen LogP contribution in [-0.4, -0.2) is 73.8 Å². The molecule has 1 aromatic carbocycles. The van der Waals surface area contributed by atoms with E-state index in [9.17, 15) is 0 Å². The summed E-state index contributed by atoms with van der Waals surface area (Å²) in [6.45, 7) is 9.80. The van der Waals surface area contributed by atoms with E-state index in [1.807, 2.05) is 6.07 Å². The first-order valence-corrected chi connectivity index (χ1v) is 10.7. The molecule has 0 saturated carbocycles. The van der Waals surface area contributed by atoms with Gasteiger partial charge in [0.15, 0.2) is 5.96 Å². The minimum Gasteiger partial charge on any atom is -0.375 e. The minimum atomic E-state index is 0.854. The Labute approximate surface area is 174 Å². The number of nitrogens with one attached hydrogen (secondary N) is 1.